The first-order valence-corrected chi connectivity index (χ1v) is 12.1. The highest BCUT2D eigenvalue weighted by Gasteiger charge is 2.20. The average Bonchev–Trinajstić information content (AvgIpc) is 2.79. The Kier molecular flexibility index (Phi) is 7.03. The van der Waals surface area contributed by atoms with Crippen molar-refractivity contribution < 1.29 is 4.79 Å². The van der Waals surface area contributed by atoms with Crippen LogP contribution in [0.15, 0.2) is 29.1 Å². The van der Waals surface area contributed by atoms with E-state index in [9.17, 15) is 9.59 Å². The number of hydrogen-bond acceptors (Lipinski definition) is 5. The largest absolute Gasteiger partial charge is 0.368 e. The zero-order valence-electron chi connectivity index (χ0n) is 20.9. The predicted molar refractivity (Wildman–Crippen MR) is 138 cm³/mol. The maximum Gasteiger partial charge on any atom is 0.253 e. The molecule has 1 aromatic carbocycles. The number of carbonyl (C=O) groups excluding carboxylic acids is 1. The Morgan fingerprint density at radius 2 is 1.85 bits per heavy atom. The van der Waals surface area contributed by atoms with Gasteiger partial charge in [0.2, 0.25) is 0 Å². The van der Waals surface area contributed by atoms with Gasteiger partial charge in [0.15, 0.2) is 0 Å². The van der Waals surface area contributed by atoms with Crippen molar-refractivity contribution in [2.24, 2.45) is 0 Å². The van der Waals surface area contributed by atoms with E-state index < -0.39 is 0 Å². The molecule has 0 radical (unpaired) electrons. The Labute approximate surface area is 201 Å². The summed E-state index contributed by atoms with van der Waals surface area (Å²) in [5.74, 6) is -0.189. The molecular weight excluding hydrogens is 426 g/mol. The van der Waals surface area contributed by atoms with Crippen LogP contribution in [0.1, 0.15) is 51.8 Å². The summed E-state index contributed by atoms with van der Waals surface area (Å²) >= 11 is 0. The SMILES string of the molecule is CCCc1cc(C)[nH]c(=O)c1CNC(=O)c1ccc2c(N3CCN(C)CC3)cc(C)nc2c1C. The zero-order valence-corrected chi connectivity index (χ0v) is 20.9. The number of H-pyrrole nitrogens is 1. The first-order chi connectivity index (χ1) is 16.3. The predicted octanol–water partition coefficient (Wildman–Crippen LogP) is 3.48. The van der Waals surface area contributed by atoms with Gasteiger partial charge in [-0.25, -0.2) is 0 Å². The minimum absolute atomic E-state index is 0.131. The topological polar surface area (TPSA) is 81.3 Å². The van der Waals surface area contributed by atoms with E-state index in [1.165, 1.54) is 5.69 Å². The van der Waals surface area contributed by atoms with E-state index in [2.05, 4.69) is 40.1 Å². The van der Waals surface area contributed by atoms with E-state index in [1.807, 2.05) is 39.0 Å². The second-order valence-electron chi connectivity index (χ2n) is 9.43. The number of amides is 1. The van der Waals surface area contributed by atoms with Crippen LogP contribution in [0.2, 0.25) is 0 Å². The number of fused-ring (bicyclic) bond motifs is 1. The number of aryl methyl sites for hydroxylation is 4. The molecule has 7 heteroatoms. The highest BCUT2D eigenvalue weighted by molar-refractivity contribution is 6.03. The van der Waals surface area contributed by atoms with Crippen molar-refractivity contribution in [3.05, 3.63) is 68.3 Å². The van der Waals surface area contributed by atoms with Gasteiger partial charge in [0, 0.05) is 66.3 Å². The van der Waals surface area contributed by atoms with Crippen molar-refractivity contribution in [3.8, 4) is 0 Å². The van der Waals surface area contributed by atoms with E-state index >= 15 is 0 Å². The van der Waals surface area contributed by atoms with E-state index in [0.717, 1.165) is 72.4 Å². The van der Waals surface area contributed by atoms with Gasteiger partial charge in [-0.3, -0.25) is 14.6 Å². The summed E-state index contributed by atoms with van der Waals surface area (Å²) in [4.78, 5) is 38.1. The van der Waals surface area contributed by atoms with Crippen molar-refractivity contribution in [2.75, 3.05) is 38.1 Å². The number of carbonyl (C=O) groups is 1. The van der Waals surface area contributed by atoms with E-state index in [-0.39, 0.29) is 18.0 Å². The molecule has 34 heavy (non-hydrogen) atoms. The zero-order chi connectivity index (χ0) is 24.4. The number of nitrogens with zero attached hydrogens (tertiary/aromatic N) is 3. The molecule has 1 aliphatic heterocycles. The number of aromatic amines is 1. The van der Waals surface area contributed by atoms with Crippen LogP contribution in [0.4, 0.5) is 5.69 Å². The third-order valence-corrected chi connectivity index (χ3v) is 6.74. The van der Waals surface area contributed by atoms with Gasteiger partial charge in [-0.2, -0.15) is 0 Å². The van der Waals surface area contributed by atoms with E-state index in [1.54, 1.807) is 0 Å². The molecule has 7 nitrogen and oxygen atoms in total. The monoisotopic (exact) mass is 461 g/mol. The summed E-state index contributed by atoms with van der Waals surface area (Å²) < 4.78 is 0. The second-order valence-corrected chi connectivity index (χ2v) is 9.43. The van der Waals surface area contributed by atoms with Gasteiger partial charge in [0.25, 0.3) is 11.5 Å². The van der Waals surface area contributed by atoms with Crippen molar-refractivity contribution in [3.63, 3.8) is 0 Å². The molecule has 0 saturated carbocycles. The fourth-order valence-corrected chi connectivity index (χ4v) is 4.83. The fraction of sp³-hybridized carbons (Fsp3) is 0.444. The Morgan fingerprint density at radius 3 is 2.56 bits per heavy atom. The molecule has 1 amide bonds. The Bertz CT molecular complexity index is 1270. The van der Waals surface area contributed by atoms with Gasteiger partial charge in [-0.15, -0.1) is 0 Å². The van der Waals surface area contributed by atoms with E-state index in [0.29, 0.717) is 11.1 Å². The minimum atomic E-state index is -0.189. The Hall–Kier alpha value is -3.19. The summed E-state index contributed by atoms with van der Waals surface area (Å²) in [7, 11) is 2.15. The number of hydrogen-bond donors (Lipinski definition) is 2. The lowest BCUT2D eigenvalue weighted by atomic mass is 10.0. The molecule has 0 aliphatic carbocycles. The van der Waals surface area contributed by atoms with Gasteiger partial charge in [0.1, 0.15) is 0 Å². The van der Waals surface area contributed by atoms with E-state index in [4.69, 9.17) is 4.98 Å². The van der Waals surface area contributed by atoms with Crippen LogP contribution >= 0.6 is 0 Å². The Morgan fingerprint density at radius 1 is 1.12 bits per heavy atom. The smallest absolute Gasteiger partial charge is 0.253 e. The van der Waals surface area contributed by atoms with Crippen LogP contribution in [0.25, 0.3) is 10.9 Å². The molecule has 2 N–H and O–H groups in total. The summed E-state index contributed by atoms with van der Waals surface area (Å²) in [6, 6.07) is 8.04. The molecule has 0 atom stereocenters. The highest BCUT2D eigenvalue weighted by atomic mass is 16.1. The maximum atomic E-state index is 13.2. The van der Waals surface area contributed by atoms with Crippen LogP contribution in [0.5, 0.6) is 0 Å². The molecule has 1 aliphatic rings. The molecule has 4 rings (SSSR count). The van der Waals surface area contributed by atoms with Crippen LogP contribution in [0, 0.1) is 20.8 Å². The van der Waals surface area contributed by atoms with Gasteiger partial charge in [-0.1, -0.05) is 13.3 Å². The van der Waals surface area contributed by atoms with Gasteiger partial charge >= 0.3 is 0 Å². The van der Waals surface area contributed by atoms with Crippen LogP contribution in [0.3, 0.4) is 0 Å². The Balaban J connectivity index is 1.62. The first-order valence-electron chi connectivity index (χ1n) is 12.1. The molecule has 180 valence electrons. The lowest BCUT2D eigenvalue weighted by Gasteiger charge is -2.35. The minimum Gasteiger partial charge on any atom is -0.368 e. The van der Waals surface area contributed by atoms with Crippen LogP contribution in [-0.2, 0) is 13.0 Å². The highest BCUT2D eigenvalue weighted by Crippen LogP contribution is 2.31. The third-order valence-electron chi connectivity index (χ3n) is 6.74. The van der Waals surface area contributed by atoms with Crippen molar-refractivity contribution in [1.82, 2.24) is 20.2 Å². The molecule has 0 unspecified atom stereocenters. The molecule has 3 heterocycles. The number of piperazine rings is 1. The second kappa shape index (κ2) is 9.97. The average molecular weight is 462 g/mol. The number of nitrogens with one attached hydrogen (secondary N) is 2. The van der Waals surface area contributed by atoms with Crippen LogP contribution < -0.4 is 15.8 Å². The molecule has 0 spiro atoms. The normalized spacial score (nSPS) is 14.6. The summed E-state index contributed by atoms with van der Waals surface area (Å²) in [5, 5.41) is 4.05. The number of pyridine rings is 2. The molecule has 1 fully saturated rings. The van der Waals surface area contributed by atoms with Gasteiger partial charge < -0.3 is 20.1 Å². The quantitative estimate of drug-likeness (QED) is 0.587. The molecule has 2 aromatic heterocycles. The number of anilines is 1. The molecule has 3 aromatic rings. The summed E-state index contributed by atoms with van der Waals surface area (Å²) in [6.07, 6.45) is 1.75. The lowest BCUT2D eigenvalue weighted by Crippen LogP contribution is -2.44. The fourth-order valence-electron chi connectivity index (χ4n) is 4.83. The lowest BCUT2D eigenvalue weighted by molar-refractivity contribution is 0.0950. The summed E-state index contributed by atoms with van der Waals surface area (Å²) in [5.41, 5.74) is 6.77. The van der Waals surface area contributed by atoms with Crippen LogP contribution in [-0.4, -0.2) is 54.0 Å². The van der Waals surface area contributed by atoms with Crippen molar-refractivity contribution in [1.29, 1.82) is 0 Å². The number of likely N-dealkylation sites (N-methyl/N-ethyl adjacent to an activating group) is 1. The maximum absolute atomic E-state index is 13.2. The van der Waals surface area contributed by atoms with Crippen molar-refractivity contribution >= 4 is 22.5 Å². The van der Waals surface area contributed by atoms with Gasteiger partial charge in [-0.05, 0) is 69.6 Å². The molecular formula is C27H35N5O2. The number of rotatable bonds is 6. The van der Waals surface area contributed by atoms with Gasteiger partial charge in [0.05, 0.1) is 5.52 Å². The number of aromatic nitrogens is 2. The summed E-state index contributed by atoms with van der Waals surface area (Å²) in [6.45, 7) is 12.1. The third kappa shape index (κ3) is 4.85. The molecule has 0 bridgehead atoms. The first kappa shape index (κ1) is 24.0. The number of benzene rings is 1. The molecule has 1 saturated heterocycles. The van der Waals surface area contributed by atoms with Crippen molar-refractivity contribution in [2.45, 2.75) is 47.1 Å². The standard InChI is InChI=1S/C27H35N5O2/c1-6-7-20-14-17(2)30-27(34)23(20)16-28-26(33)21-8-9-22-24(32-12-10-31(5)11-13-32)15-18(3)29-25(22)19(21)4/h8-9,14-15H,6-7,10-13,16H2,1-5H3,(H,28,33)(H,30,34).